The van der Waals surface area contributed by atoms with Crippen molar-refractivity contribution in [3.8, 4) is 0 Å². The topological polar surface area (TPSA) is 49.4 Å². The molecule has 21 heavy (non-hydrogen) atoms. The number of nitrogens with zero attached hydrogens (tertiary/aromatic N) is 1. The van der Waals surface area contributed by atoms with Crippen LogP contribution in [0.15, 0.2) is 17.5 Å². The third-order valence-electron chi connectivity index (χ3n) is 4.22. The molecule has 1 aromatic heterocycles. The molecule has 1 aliphatic heterocycles. The van der Waals surface area contributed by atoms with Gasteiger partial charge in [0.2, 0.25) is 5.91 Å². The summed E-state index contributed by atoms with van der Waals surface area (Å²) in [5.41, 5.74) is 0. The molecule has 0 bridgehead atoms. The molecular formula is C16H24N2O2S. The number of amides is 2. The van der Waals surface area contributed by atoms with Crippen molar-refractivity contribution in [2.45, 2.75) is 45.6 Å². The van der Waals surface area contributed by atoms with E-state index in [0.717, 1.165) is 30.6 Å². The molecule has 5 heteroatoms. The van der Waals surface area contributed by atoms with Crippen LogP contribution in [0, 0.1) is 5.92 Å². The lowest BCUT2D eigenvalue weighted by Crippen LogP contribution is -2.45. The van der Waals surface area contributed by atoms with E-state index in [1.165, 1.54) is 11.3 Å². The second kappa shape index (κ2) is 7.59. The van der Waals surface area contributed by atoms with Crippen molar-refractivity contribution in [2.24, 2.45) is 5.92 Å². The fraction of sp³-hybridized carbons (Fsp3) is 0.625. The van der Waals surface area contributed by atoms with Crippen LogP contribution in [0.5, 0.6) is 0 Å². The number of likely N-dealkylation sites (tertiary alicyclic amines) is 1. The molecule has 116 valence electrons. The van der Waals surface area contributed by atoms with Crippen molar-refractivity contribution >= 4 is 23.2 Å². The number of carbonyl (C=O) groups is 2. The number of thiophene rings is 1. The molecule has 2 amide bonds. The Morgan fingerprint density at radius 3 is 2.52 bits per heavy atom. The van der Waals surface area contributed by atoms with Gasteiger partial charge in [-0.1, -0.05) is 19.9 Å². The Kier molecular flexibility index (Phi) is 5.79. The first kappa shape index (κ1) is 16.0. The predicted molar refractivity (Wildman–Crippen MR) is 85.5 cm³/mol. The average molecular weight is 308 g/mol. The highest BCUT2D eigenvalue weighted by Crippen LogP contribution is 2.21. The Morgan fingerprint density at radius 1 is 1.33 bits per heavy atom. The van der Waals surface area contributed by atoms with Gasteiger partial charge in [0.1, 0.15) is 0 Å². The smallest absolute Gasteiger partial charge is 0.263 e. The molecule has 1 aliphatic rings. The van der Waals surface area contributed by atoms with Crippen LogP contribution < -0.4 is 5.32 Å². The highest BCUT2D eigenvalue weighted by Gasteiger charge is 2.28. The minimum atomic E-state index is 0.0537. The molecule has 1 saturated heterocycles. The second-order valence-electron chi connectivity index (χ2n) is 5.57. The van der Waals surface area contributed by atoms with E-state index in [1.54, 1.807) is 0 Å². The highest BCUT2D eigenvalue weighted by atomic mass is 32.1. The molecular weight excluding hydrogens is 284 g/mol. The molecule has 0 spiro atoms. The van der Waals surface area contributed by atoms with Crippen LogP contribution in [0.3, 0.4) is 0 Å². The SMILES string of the molecule is CCC(CC)NC(=O)C1CCN(C(=O)c2cccs2)CC1. The molecule has 0 aliphatic carbocycles. The van der Waals surface area contributed by atoms with Gasteiger partial charge in [0, 0.05) is 25.0 Å². The van der Waals surface area contributed by atoms with Gasteiger partial charge in [-0.15, -0.1) is 11.3 Å². The first-order valence-electron chi connectivity index (χ1n) is 7.78. The van der Waals surface area contributed by atoms with Gasteiger partial charge in [-0.3, -0.25) is 9.59 Å². The van der Waals surface area contributed by atoms with Gasteiger partial charge in [-0.2, -0.15) is 0 Å². The van der Waals surface area contributed by atoms with Gasteiger partial charge in [-0.05, 0) is 37.1 Å². The van der Waals surface area contributed by atoms with E-state index in [1.807, 2.05) is 22.4 Å². The minimum Gasteiger partial charge on any atom is -0.353 e. The third kappa shape index (κ3) is 4.06. The lowest BCUT2D eigenvalue weighted by molar-refractivity contribution is -0.127. The van der Waals surface area contributed by atoms with E-state index in [2.05, 4.69) is 19.2 Å². The van der Waals surface area contributed by atoms with Gasteiger partial charge in [0.15, 0.2) is 0 Å². The number of piperidine rings is 1. The van der Waals surface area contributed by atoms with E-state index in [0.29, 0.717) is 13.1 Å². The zero-order chi connectivity index (χ0) is 15.2. The van der Waals surface area contributed by atoms with E-state index in [4.69, 9.17) is 0 Å². The molecule has 2 heterocycles. The lowest BCUT2D eigenvalue weighted by Gasteiger charge is -2.31. The average Bonchev–Trinajstić information content (AvgIpc) is 3.06. The molecule has 0 aromatic carbocycles. The lowest BCUT2D eigenvalue weighted by atomic mass is 9.95. The molecule has 2 rings (SSSR count). The largest absolute Gasteiger partial charge is 0.353 e. The van der Waals surface area contributed by atoms with Crippen molar-refractivity contribution < 1.29 is 9.59 Å². The van der Waals surface area contributed by atoms with Gasteiger partial charge < -0.3 is 10.2 Å². The quantitative estimate of drug-likeness (QED) is 0.909. The zero-order valence-electron chi connectivity index (χ0n) is 12.8. The molecule has 0 saturated carbocycles. The second-order valence-corrected chi connectivity index (χ2v) is 6.51. The Hall–Kier alpha value is -1.36. The summed E-state index contributed by atoms with van der Waals surface area (Å²) < 4.78 is 0. The third-order valence-corrected chi connectivity index (χ3v) is 5.07. The van der Waals surface area contributed by atoms with Crippen LogP contribution in [0.25, 0.3) is 0 Å². The Bertz CT molecular complexity index is 461. The van der Waals surface area contributed by atoms with Crippen LogP contribution in [0.1, 0.15) is 49.2 Å². The summed E-state index contributed by atoms with van der Waals surface area (Å²) in [6.45, 7) is 5.54. The Morgan fingerprint density at radius 2 is 2.00 bits per heavy atom. The van der Waals surface area contributed by atoms with Gasteiger partial charge >= 0.3 is 0 Å². The van der Waals surface area contributed by atoms with Crippen molar-refractivity contribution in [1.29, 1.82) is 0 Å². The van der Waals surface area contributed by atoms with Gasteiger partial charge in [0.25, 0.3) is 5.91 Å². The first-order valence-corrected chi connectivity index (χ1v) is 8.66. The van der Waals surface area contributed by atoms with Crippen LogP contribution in [-0.4, -0.2) is 35.8 Å². The van der Waals surface area contributed by atoms with Crippen LogP contribution in [-0.2, 0) is 4.79 Å². The molecule has 1 fully saturated rings. The summed E-state index contributed by atoms with van der Waals surface area (Å²) in [5.74, 6) is 0.314. The molecule has 0 radical (unpaired) electrons. The number of nitrogens with one attached hydrogen (secondary N) is 1. The number of carbonyl (C=O) groups excluding carboxylic acids is 2. The van der Waals surface area contributed by atoms with Crippen molar-refractivity contribution in [1.82, 2.24) is 10.2 Å². The van der Waals surface area contributed by atoms with Crippen molar-refractivity contribution in [3.63, 3.8) is 0 Å². The van der Waals surface area contributed by atoms with E-state index in [9.17, 15) is 9.59 Å². The van der Waals surface area contributed by atoms with Gasteiger partial charge in [-0.25, -0.2) is 0 Å². The summed E-state index contributed by atoms with van der Waals surface area (Å²) >= 11 is 1.48. The Balaban J connectivity index is 1.83. The fourth-order valence-corrected chi connectivity index (χ4v) is 3.40. The summed E-state index contributed by atoms with van der Waals surface area (Å²) in [6, 6.07) is 4.04. The number of hydrogen-bond acceptors (Lipinski definition) is 3. The van der Waals surface area contributed by atoms with E-state index < -0.39 is 0 Å². The summed E-state index contributed by atoms with van der Waals surface area (Å²) in [5, 5.41) is 5.04. The fourth-order valence-electron chi connectivity index (χ4n) is 2.71. The molecule has 1 N–H and O–H groups in total. The van der Waals surface area contributed by atoms with Gasteiger partial charge in [0.05, 0.1) is 4.88 Å². The monoisotopic (exact) mass is 308 g/mol. The molecule has 0 atom stereocenters. The molecule has 1 aromatic rings. The zero-order valence-corrected chi connectivity index (χ0v) is 13.6. The van der Waals surface area contributed by atoms with Crippen molar-refractivity contribution in [3.05, 3.63) is 22.4 Å². The number of hydrogen-bond donors (Lipinski definition) is 1. The summed E-state index contributed by atoms with van der Waals surface area (Å²) in [4.78, 5) is 27.1. The molecule has 4 nitrogen and oxygen atoms in total. The van der Waals surface area contributed by atoms with Crippen LogP contribution in [0.4, 0.5) is 0 Å². The maximum atomic E-state index is 12.2. The van der Waals surface area contributed by atoms with E-state index in [-0.39, 0.29) is 23.8 Å². The summed E-state index contributed by atoms with van der Waals surface area (Å²) in [7, 11) is 0. The van der Waals surface area contributed by atoms with Crippen LogP contribution in [0.2, 0.25) is 0 Å². The number of rotatable bonds is 5. The Labute approximate surface area is 130 Å². The predicted octanol–water partition coefficient (Wildman–Crippen LogP) is 2.91. The van der Waals surface area contributed by atoms with Crippen LogP contribution >= 0.6 is 11.3 Å². The minimum absolute atomic E-state index is 0.0537. The molecule has 0 unspecified atom stereocenters. The standard InChI is InChI=1S/C16H24N2O2S/c1-3-13(4-2)17-15(19)12-7-9-18(10-8-12)16(20)14-6-5-11-21-14/h5-6,11-13H,3-4,7-10H2,1-2H3,(H,17,19). The highest BCUT2D eigenvalue weighted by molar-refractivity contribution is 7.12. The first-order chi connectivity index (χ1) is 10.2. The maximum absolute atomic E-state index is 12.2. The van der Waals surface area contributed by atoms with Crippen molar-refractivity contribution in [2.75, 3.05) is 13.1 Å². The van der Waals surface area contributed by atoms with E-state index >= 15 is 0 Å². The maximum Gasteiger partial charge on any atom is 0.263 e. The normalized spacial score (nSPS) is 16.2. The summed E-state index contributed by atoms with van der Waals surface area (Å²) in [6.07, 6.45) is 3.47.